The van der Waals surface area contributed by atoms with E-state index < -0.39 is 15.5 Å². The minimum atomic E-state index is -2.32. The Morgan fingerprint density at radius 3 is 2.03 bits per heavy atom. The van der Waals surface area contributed by atoms with E-state index in [2.05, 4.69) is 55.7 Å². The first-order valence-electron chi connectivity index (χ1n) is 13.0. The van der Waals surface area contributed by atoms with Crippen LogP contribution in [-0.2, 0) is 19.3 Å². The van der Waals surface area contributed by atoms with E-state index in [1.807, 2.05) is 14.1 Å². The molecule has 2 fully saturated rings. The molecule has 1 saturated carbocycles. The second kappa shape index (κ2) is 18.7. The number of para-hydroxylation sites is 1. The summed E-state index contributed by atoms with van der Waals surface area (Å²) in [6.07, 6.45) is 8.59. The molecule has 206 valence electrons. The van der Waals surface area contributed by atoms with Gasteiger partial charge in [0, 0.05) is 17.6 Å². The molecule has 0 spiro atoms. The summed E-state index contributed by atoms with van der Waals surface area (Å²) < 4.78 is 25.9. The van der Waals surface area contributed by atoms with Crippen LogP contribution < -0.4 is 10.6 Å². The van der Waals surface area contributed by atoms with Gasteiger partial charge in [0.05, 0.1) is 13.2 Å². The van der Waals surface area contributed by atoms with Crippen LogP contribution >= 0.6 is 0 Å². The van der Waals surface area contributed by atoms with Gasteiger partial charge >= 0.3 is 68.7 Å². The van der Waals surface area contributed by atoms with Crippen LogP contribution in [0.15, 0.2) is 53.4 Å². The maximum atomic E-state index is 10.3. The zero-order chi connectivity index (χ0) is 27.6. The Labute approximate surface area is 224 Å². The van der Waals surface area contributed by atoms with E-state index in [9.17, 15) is 18.4 Å². The van der Waals surface area contributed by atoms with Gasteiger partial charge in [-0.2, -0.15) is 0 Å². The number of aryl methyl sites for hydroxylation is 1. The van der Waals surface area contributed by atoms with Crippen molar-refractivity contribution in [2.45, 2.75) is 70.2 Å². The summed E-state index contributed by atoms with van der Waals surface area (Å²) in [5.41, 5.74) is 2.46. The Hall–Kier alpha value is -2.46. The van der Waals surface area contributed by atoms with Crippen molar-refractivity contribution in [2.24, 2.45) is 11.8 Å². The van der Waals surface area contributed by atoms with Crippen LogP contribution in [0.3, 0.4) is 0 Å². The van der Waals surface area contributed by atoms with E-state index in [0.29, 0.717) is 12.0 Å². The van der Waals surface area contributed by atoms with Crippen molar-refractivity contribution in [3.63, 3.8) is 0 Å². The molecule has 1 saturated heterocycles. The first-order chi connectivity index (χ1) is 17.7. The van der Waals surface area contributed by atoms with E-state index in [1.165, 1.54) is 55.5 Å². The van der Waals surface area contributed by atoms with E-state index in [-0.39, 0.29) is 10.6 Å². The standard InChI is InChI=1S/C13H19NO.C7H14.C6H4NO4S.C2H7N/c1-3-12(11-8-15-9-11)14-13-7-5-4-6-10(13)2;1-7-5-3-2-4-6-7;8-7(9)5-1-3-6(4-2-5)12(10)11;1-3-2/h4-7,11-12,14H,3,8-9H2,1-2H3;7H,2-6H2,1H3;1-4H;3H,1-2H3/q;;+1;. The average Bonchev–Trinajstić information content (AvgIpc) is 2.85. The van der Waals surface area contributed by atoms with Gasteiger partial charge in [0.2, 0.25) is 0 Å². The van der Waals surface area contributed by atoms with Crippen molar-refractivity contribution in [3.05, 3.63) is 64.2 Å². The predicted octanol–water partition coefficient (Wildman–Crippen LogP) is 6.30. The summed E-state index contributed by atoms with van der Waals surface area (Å²) in [4.78, 5) is 9.59. The number of nitro benzene ring substituents is 1. The molecule has 0 bridgehead atoms. The predicted molar refractivity (Wildman–Crippen MR) is 151 cm³/mol. The molecule has 0 radical (unpaired) electrons. The molecule has 1 aliphatic heterocycles. The van der Waals surface area contributed by atoms with Crippen molar-refractivity contribution in [1.82, 2.24) is 5.32 Å². The minimum absolute atomic E-state index is 0.0422. The number of anilines is 1. The Bertz CT molecular complexity index is 1030. The molecule has 2 aromatic carbocycles. The van der Waals surface area contributed by atoms with Crippen LogP contribution in [0.5, 0.6) is 0 Å². The molecule has 0 aromatic heterocycles. The molecule has 2 N–H and O–H groups in total. The normalized spacial score (nSPS) is 15.7. The van der Waals surface area contributed by atoms with Crippen LogP contribution in [0.2, 0.25) is 0 Å². The monoisotopic (exact) mass is 534 g/mol. The molecule has 4 rings (SSSR count). The van der Waals surface area contributed by atoms with Crippen molar-refractivity contribution < 1.29 is 17.9 Å². The van der Waals surface area contributed by atoms with E-state index >= 15 is 0 Å². The second-order valence-electron chi connectivity index (χ2n) is 9.50. The fourth-order valence-electron chi connectivity index (χ4n) is 3.96. The number of rotatable bonds is 5. The third-order valence-corrected chi connectivity index (χ3v) is 6.95. The SMILES string of the molecule is CC1CCCCC1.CCC(Nc1ccccc1C)C1COC1.CNC.O=[N+]([O-])c1ccc(S(=O)#[O+])cc1. The fraction of sp³-hybridized carbons (Fsp3) is 0.571. The Balaban J connectivity index is 0.000000277. The van der Waals surface area contributed by atoms with Crippen LogP contribution in [0.1, 0.15) is 57.9 Å². The molecule has 8 nitrogen and oxygen atoms in total. The summed E-state index contributed by atoms with van der Waals surface area (Å²) in [6, 6.07) is 13.7. The van der Waals surface area contributed by atoms with E-state index in [4.69, 9.17) is 4.74 Å². The van der Waals surface area contributed by atoms with Gasteiger partial charge in [-0.25, -0.2) is 0 Å². The van der Waals surface area contributed by atoms with Gasteiger partial charge in [-0.15, -0.1) is 0 Å². The maximum absolute atomic E-state index is 10.3. The number of non-ortho nitro benzene ring substituents is 1. The number of ether oxygens (including phenoxy) is 1. The zero-order valence-electron chi connectivity index (χ0n) is 22.9. The van der Waals surface area contributed by atoms with Crippen molar-refractivity contribution in [1.29, 1.82) is 0 Å². The summed E-state index contributed by atoms with van der Waals surface area (Å²) in [7, 11) is 1.43. The first-order valence-corrected chi connectivity index (χ1v) is 14.1. The number of hydrogen-bond acceptors (Lipinski definition) is 6. The van der Waals surface area contributed by atoms with Gasteiger partial charge in [0.15, 0.2) is 0 Å². The van der Waals surface area contributed by atoms with Crippen molar-refractivity contribution in [3.8, 4) is 0 Å². The molecular formula is C28H44N3O5S+. The Morgan fingerprint density at radius 1 is 1.08 bits per heavy atom. The van der Waals surface area contributed by atoms with Gasteiger partial charge < -0.3 is 15.4 Å². The van der Waals surface area contributed by atoms with Gasteiger partial charge in [0.25, 0.3) is 0 Å². The Morgan fingerprint density at radius 2 is 1.65 bits per heavy atom. The molecule has 1 aliphatic carbocycles. The molecule has 1 unspecified atom stereocenters. The van der Waals surface area contributed by atoms with Gasteiger partial charge in [-0.05, 0) is 45.0 Å². The van der Waals surface area contributed by atoms with Gasteiger partial charge in [-0.1, -0.05) is 64.2 Å². The first kappa shape index (κ1) is 32.6. The van der Waals surface area contributed by atoms with Crippen LogP contribution in [-0.4, -0.2) is 42.5 Å². The molecule has 37 heavy (non-hydrogen) atoms. The Kier molecular flexibility index (Phi) is 16.5. The van der Waals surface area contributed by atoms with Crippen LogP contribution in [0, 0.1) is 28.9 Å². The molecule has 1 heterocycles. The second-order valence-corrected chi connectivity index (χ2v) is 10.4. The van der Waals surface area contributed by atoms with Gasteiger partial charge in [-0.3, -0.25) is 0 Å². The number of benzene rings is 2. The van der Waals surface area contributed by atoms with Gasteiger partial charge in [0.1, 0.15) is 0 Å². The average molecular weight is 535 g/mol. The summed E-state index contributed by atoms with van der Waals surface area (Å²) in [6.45, 7) is 8.56. The van der Waals surface area contributed by atoms with E-state index in [0.717, 1.165) is 37.7 Å². The molecule has 2 aliphatic rings. The zero-order valence-corrected chi connectivity index (χ0v) is 23.7. The van der Waals surface area contributed by atoms with Crippen molar-refractivity contribution >= 4 is 21.9 Å². The molecule has 1 atom stereocenters. The number of nitrogens with zero attached hydrogens (tertiary/aromatic N) is 1. The third kappa shape index (κ3) is 13.1. The molecule has 2 aromatic rings. The van der Waals surface area contributed by atoms with Crippen LogP contribution in [0.25, 0.3) is 0 Å². The summed E-state index contributed by atoms with van der Waals surface area (Å²) in [5.74, 6) is 1.73. The van der Waals surface area contributed by atoms with E-state index in [1.54, 1.807) is 0 Å². The number of hydrogen-bond donors (Lipinski definition) is 2. The molecule has 9 heteroatoms. The van der Waals surface area contributed by atoms with Crippen molar-refractivity contribution in [2.75, 3.05) is 32.6 Å². The quantitative estimate of drug-likeness (QED) is 0.264. The summed E-state index contributed by atoms with van der Waals surface area (Å²) >= 11 is 0. The fourth-order valence-corrected chi connectivity index (χ4v) is 4.32. The molecular weight excluding hydrogens is 490 g/mol. The number of nitro groups is 1. The summed E-state index contributed by atoms with van der Waals surface area (Å²) in [5, 5.41) is 16.5. The topological polar surface area (TPSA) is 113 Å². The third-order valence-electron chi connectivity index (χ3n) is 6.29. The molecule has 0 amide bonds. The van der Waals surface area contributed by atoms with Crippen LogP contribution in [0.4, 0.5) is 11.4 Å². The number of nitrogens with one attached hydrogen (secondary N) is 2.